The van der Waals surface area contributed by atoms with Gasteiger partial charge >= 0.3 is 0 Å². The molecule has 0 bridgehead atoms. The highest BCUT2D eigenvalue weighted by atomic mass is 32.1. The third kappa shape index (κ3) is 2.69. The van der Waals surface area contributed by atoms with E-state index in [-0.39, 0.29) is 6.04 Å². The molecule has 19 heavy (non-hydrogen) atoms. The van der Waals surface area contributed by atoms with E-state index in [9.17, 15) is 0 Å². The van der Waals surface area contributed by atoms with E-state index < -0.39 is 0 Å². The quantitative estimate of drug-likeness (QED) is 0.906. The fourth-order valence-electron chi connectivity index (χ4n) is 2.60. The Balaban J connectivity index is 1.81. The maximum atomic E-state index is 4.20. The molecule has 1 N–H and O–H groups in total. The van der Waals surface area contributed by atoms with Crippen LogP contribution in [0.4, 0.5) is 0 Å². The number of nitrogens with one attached hydrogen (secondary N) is 1. The Labute approximate surface area is 118 Å². The van der Waals surface area contributed by atoms with Gasteiger partial charge in [0.2, 0.25) is 0 Å². The van der Waals surface area contributed by atoms with E-state index in [1.54, 1.807) is 0 Å². The van der Waals surface area contributed by atoms with E-state index in [4.69, 9.17) is 0 Å². The van der Waals surface area contributed by atoms with Crippen LogP contribution in [0, 0.1) is 0 Å². The summed E-state index contributed by atoms with van der Waals surface area (Å²) in [6.45, 7) is 3.04. The first kappa shape index (κ1) is 12.8. The van der Waals surface area contributed by atoms with Crippen molar-refractivity contribution in [1.29, 1.82) is 0 Å². The van der Waals surface area contributed by atoms with Crippen molar-refractivity contribution >= 4 is 11.5 Å². The van der Waals surface area contributed by atoms with Gasteiger partial charge in [0.15, 0.2) is 0 Å². The van der Waals surface area contributed by atoms with Crippen molar-refractivity contribution in [2.75, 3.05) is 6.54 Å². The predicted octanol–water partition coefficient (Wildman–Crippen LogP) is 3.50. The summed E-state index contributed by atoms with van der Waals surface area (Å²) >= 11 is 1.41. The summed E-state index contributed by atoms with van der Waals surface area (Å²) in [5.41, 5.74) is 3.78. The first-order chi connectivity index (χ1) is 9.38. The molecule has 1 atom stereocenters. The Kier molecular flexibility index (Phi) is 3.89. The zero-order valence-corrected chi connectivity index (χ0v) is 12.0. The Morgan fingerprint density at radius 1 is 1.32 bits per heavy atom. The molecule has 2 aromatic rings. The number of aromatic nitrogens is 2. The van der Waals surface area contributed by atoms with Gasteiger partial charge in [0.25, 0.3) is 0 Å². The van der Waals surface area contributed by atoms with E-state index in [0.717, 1.165) is 18.2 Å². The van der Waals surface area contributed by atoms with Crippen LogP contribution in [0.5, 0.6) is 0 Å². The second kappa shape index (κ2) is 5.80. The van der Waals surface area contributed by atoms with Crippen LogP contribution in [0.3, 0.4) is 0 Å². The molecule has 100 valence electrons. The van der Waals surface area contributed by atoms with Crippen LogP contribution in [0.15, 0.2) is 29.6 Å². The Morgan fingerprint density at radius 3 is 2.63 bits per heavy atom. The lowest BCUT2D eigenvalue weighted by molar-refractivity contribution is 0.419. The van der Waals surface area contributed by atoms with Crippen LogP contribution in [-0.4, -0.2) is 16.1 Å². The maximum absolute atomic E-state index is 4.20. The zero-order chi connectivity index (χ0) is 13.1. The van der Waals surface area contributed by atoms with Crippen molar-refractivity contribution < 1.29 is 0 Å². The third-order valence-corrected chi connectivity index (χ3v) is 4.45. The highest BCUT2D eigenvalue weighted by molar-refractivity contribution is 7.03. The van der Waals surface area contributed by atoms with E-state index in [1.165, 1.54) is 41.9 Å². The molecule has 1 heterocycles. The van der Waals surface area contributed by atoms with Gasteiger partial charge in [0.1, 0.15) is 0 Å². The van der Waals surface area contributed by atoms with E-state index in [2.05, 4.69) is 46.1 Å². The molecule has 3 nitrogen and oxygen atoms in total. The first-order valence-electron chi connectivity index (χ1n) is 6.98. The van der Waals surface area contributed by atoms with Gasteiger partial charge < -0.3 is 5.32 Å². The minimum absolute atomic E-state index is 0.166. The molecule has 0 radical (unpaired) electrons. The van der Waals surface area contributed by atoms with Gasteiger partial charge in [-0.3, -0.25) is 0 Å². The molecule has 1 fully saturated rings. The average Bonchev–Trinajstić information content (AvgIpc) is 2.89. The van der Waals surface area contributed by atoms with Crippen LogP contribution in [0.2, 0.25) is 0 Å². The fourth-order valence-corrected chi connectivity index (χ4v) is 3.08. The molecule has 1 saturated carbocycles. The zero-order valence-electron chi connectivity index (χ0n) is 11.2. The van der Waals surface area contributed by atoms with Gasteiger partial charge in [-0.25, -0.2) is 0 Å². The van der Waals surface area contributed by atoms with E-state index in [0.29, 0.717) is 0 Å². The predicted molar refractivity (Wildman–Crippen MR) is 78.5 cm³/mol. The molecule has 1 aromatic heterocycles. The SMILES string of the molecule is CCNC(c1ccc(C2CCC2)cc1)c1csnn1. The lowest BCUT2D eigenvalue weighted by Crippen LogP contribution is -2.22. The second-order valence-corrected chi connectivity index (χ2v) is 5.72. The molecule has 1 aromatic carbocycles. The Bertz CT molecular complexity index is 503. The minimum Gasteiger partial charge on any atom is -0.305 e. The topological polar surface area (TPSA) is 37.8 Å². The van der Waals surface area contributed by atoms with Crippen molar-refractivity contribution in [2.45, 2.75) is 38.1 Å². The summed E-state index contributed by atoms with van der Waals surface area (Å²) in [7, 11) is 0. The maximum Gasteiger partial charge on any atom is 0.0970 e. The third-order valence-electron chi connectivity index (χ3n) is 3.93. The number of nitrogens with zero attached hydrogens (tertiary/aromatic N) is 2. The van der Waals surface area contributed by atoms with Gasteiger partial charge in [0.05, 0.1) is 11.7 Å². The molecule has 0 aliphatic heterocycles. The van der Waals surface area contributed by atoms with Crippen molar-refractivity contribution in [1.82, 2.24) is 14.9 Å². The molecule has 0 saturated heterocycles. The van der Waals surface area contributed by atoms with Crippen molar-refractivity contribution in [3.05, 3.63) is 46.5 Å². The molecule has 0 amide bonds. The van der Waals surface area contributed by atoms with Gasteiger partial charge in [-0.1, -0.05) is 42.1 Å². The van der Waals surface area contributed by atoms with Gasteiger partial charge in [-0.05, 0) is 48.0 Å². The lowest BCUT2D eigenvalue weighted by atomic mass is 9.80. The van der Waals surface area contributed by atoms with Crippen LogP contribution in [0.1, 0.15) is 55.0 Å². The molecule has 1 unspecified atom stereocenters. The van der Waals surface area contributed by atoms with Crippen molar-refractivity contribution in [3.8, 4) is 0 Å². The summed E-state index contributed by atoms with van der Waals surface area (Å²) in [5.74, 6) is 0.799. The summed E-state index contributed by atoms with van der Waals surface area (Å²) in [5, 5.41) is 9.71. The highest BCUT2D eigenvalue weighted by Gasteiger charge is 2.20. The summed E-state index contributed by atoms with van der Waals surface area (Å²) < 4.78 is 3.97. The van der Waals surface area contributed by atoms with Crippen LogP contribution >= 0.6 is 11.5 Å². The minimum atomic E-state index is 0.166. The van der Waals surface area contributed by atoms with Crippen molar-refractivity contribution in [3.63, 3.8) is 0 Å². The average molecular weight is 273 g/mol. The van der Waals surface area contributed by atoms with E-state index in [1.807, 2.05) is 5.38 Å². The van der Waals surface area contributed by atoms with E-state index >= 15 is 0 Å². The summed E-state index contributed by atoms with van der Waals surface area (Å²) in [6.07, 6.45) is 4.09. The first-order valence-corrected chi connectivity index (χ1v) is 7.82. The number of hydrogen-bond donors (Lipinski definition) is 1. The van der Waals surface area contributed by atoms with Gasteiger partial charge in [0, 0.05) is 5.38 Å². The Hall–Kier alpha value is -1.26. The number of benzene rings is 1. The Morgan fingerprint density at radius 2 is 2.11 bits per heavy atom. The van der Waals surface area contributed by atoms with Crippen LogP contribution < -0.4 is 5.32 Å². The molecule has 1 aliphatic carbocycles. The smallest absolute Gasteiger partial charge is 0.0970 e. The van der Waals surface area contributed by atoms with Gasteiger partial charge in [-0.15, -0.1) is 5.10 Å². The lowest BCUT2D eigenvalue weighted by Gasteiger charge is -2.26. The molecular weight excluding hydrogens is 254 g/mol. The molecule has 0 spiro atoms. The highest BCUT2D eigenvalue weighted by Crippen LogP contribution is 2.36. The molecule has 1 aliphatic rings. The standard InChI is InChI=1S/C15H19N3S/c1-2-16-15(14-10-19-18-17-14)13-8-6-12(7-9-13)11-4-3-5-11/h6-11,15-16H,2-5H2,1H3. The van der Waals surface area contributed by atoms with Gasteiger partial charge in [-0.2, -0.15) is 0 Å². The molecule has 3 rings (SSSR count). The summed E-state index contributed by atoms with van der Waals surface area (Å²) in [4.78, 5) is 0. The molecular formula is C15H19N3S. The number of hydrogen-bond acceptors (Lipinski definition) is 4. The largest absolute Gasteiger partial charge is 0.305 e. The number of rotatable bonds is 5. The molecule has 4 heteroatoms. The van der Waals surface area contributed by atoms with Crippen LogP contribution in [-0.2, 0) is 0 Å². The van der Waals surface area contributed by atoms with Crippen molar-refractivity contribution in [2.24, 2.45) is 0 Å². The normalized spacial score (nSPS) is 17.1. The summed E-state index contributed by atoms with van der Waals surface area (Å²) in [6, 6.07) is 9.20. The second-order valence-electron chi connectivity index (χ2n) is 5.11. The van der Waals surface area contributed by atoms with Crippen LogP contribution in [0.25, 0.3) is 0 Å². The fraction of sp³-hybridized carbons (Fsp3) is 0.467. The monoisotopic (exact) mass is 273 g/mol.